The Morgan fingerprint density at radius 2 is 2.16 bits per heavy atom. The number of aryl methyl sites for hydroxylation is 2. The van der Waals surface area contributed by atoms with Crippen molar-refractivity contribution in [2.24, 2.45) is 7.05 Å². The Hall–Kier alpha value is -2.30. The molecule has 100 valence electrons. The van der Waals surface area contributed by atoms with Gasteiger partial charge in [0, 0.05) is 24.8 Å². The van der Waals surface area contributed by atoms with Gasteiger partial charge in [-0.3, -0.25) is 4.68 Å². The van der Waals surface area contributed by atoms with Gasteiger partial charge in [0.25, 0.3) is 0 Å². The second-order valence-corrected chi connectivity index (χ2v) is 4.54. The van der Waals surface area contributed by atoms with E-state index in [9.17, 15) is 9.90 Å². The van der Waals surface area contributed by atoms with Crippen LogP contribution < -0.4 is 5.32 Å². The van der Waals surface area contributed by atoms with Crippen molar-refractivity contribution in [2.75, 3.05) is 5.32 Å². The summed E-state index contributed by atoms with van der Waals surface area (Å²) in [6.07, 6.45) is 1.79. The summed E-state index contributed by atoms with van der Waals surface area (Å²) >= 11 is 0. The Bertz CT molecular complexity index is 617. The first kappa shape index (κ1) is 13.1. The Morgan fingerprint density at radius 3 is 2.74 bits per heavy atom. The third kappa shape index (κ3) is 2.59. The van der Waals surface area contributed by atoms with Crippen molar-refractivity contribution >= 4 is 11.7 Å². The fourth-order valence-electron chi connectivity index (χ4n) is 1.98. The number of hydrogen-bond donors (Lipinski definition) is 2. The number of aromatic nitrogens is 2. The van der Waals surface area contributed by atoms with Gasteiger partial charge in [-0.25, -0.2) is 4.79 Å². The molecule has 0 saturated heterocycles. The lowest BCUT2D eigenvalue weighted by molar-refractivity contribution is 0.0698. The molecule has 2 aromatic rings. The van der Waals surface area contributed by atoms with Crippen molar-refractivity contribution in [3.63, 3.8) is 0 Å². The molecule has 2 rings (SSSR count). The minimum absolute atomic E-state index is 0.293. The number of nitrogens with zero attached hydrogens (tertiary/aromatic N) is 2. The van der Waals surface area contributed by atoms with E-state index in [1.54, 1.807) is 23.0 Å². The number of benzene rings is 1. The number of carboxylic acid groups (broad SMARTS) is 1. The van der Waals surface area contributed by atoms with E-state index < -0.39 is 5.97 Å². The van der Waals surface area contributed by atoms with Gasteiger partial charge in [-0.15, -0.1) is 0 Å². The van der Waals surface area contributed by atoms with Crippen LogP contribution in [0.25, 0.3) is 0 Å². The third-order valence-corrected chi connectivity index (χ3v) is 3.30. The van der Waals surface area contributed by atoms with Crippen molar-refractivity contribution in [3.05, 3.63) is 46.8 Å². The number of carbonyl (C=O) groups is 1. The molecular weight excluding hydrogens is 242 g/mol. The third-order valence-electron chi connectivity index (χ3n) is 3.30. The zero-order valence-corrected chi connectivity index (χ0v) is 11.3. The molecular formula is C14H17N3O2. The van der Waals surface area contributed by atoms with E-state index in [4.69, 9.17) is 0 Å². The van der Waals surface area contributed by atoms with Crippen LogP contribution in [0.4, 0.5) is 5.69 Å². The van der Waals surface area contributed by atoms with Crippen LogP contribution in [0.1, 0.15) is 27.2 Å². The summed E-state index contributed by atoms with van der Waals surface area (Å²) in [6.45, 7) is 4.44. The monoisotopic (exact) mass is 259 g/mol. The highest BCUT2D eigenvalue weighted by atomic mass is 16.4. The zero-order valence-electron chi connectivity index (χ0n) is 11.3. The molecule has 0 fully saturated rings. The van der Waals surface area contributed by atoms with Crippen molar-refractivity contribution in [1.82, 2.24) is 9.78 Å². The van der Waals surface area contributed by atoms with Crippen molar-refractivity contribution in [2.45, 2.75) is 20.4 Å². The number of nitrogens with one attached hydrogen (secondary N) is 1. The van der Waals surface area contributed by atoms with E-state index in [0.717, 1.165) is 16.8 Å². The number of aromatic carboxylic acids is 1. The predicted octanol–water partition coefficient (Wildman–Crippen LogP) is 2.35. The van der Waals surface area contributed by atoms with Gasteiger partial charge >= 0.3 is 5.97 Å². The first-order valence-corrected chi connectivity index (χ1v) is 6.05. The normalized spacial score (nSPS) is 10.5. The van der Waals surface area contributed by atoms with Crippen LogP contribution in [0.15, 0.2) is 24.4 Å². The van der Waals surface area contributed by atoms with Crippen LogP contribution in [0.3, 0.4) is 0 Å². The lowest BCUT2D eigenvalue weighted by Gasteiger charge is -2.12. The predicted molar refractivity (Wildman–Crippen MR) is 73.4 cm³/mol. The molecule has 5 nitrogen and oxygen atoms in total. The molecule has 0 spiro atoms. The van der Waals surface area contributed by atoms with Gasteiger partial charge in [0.1, 0.15) is 0 Å². The molecule has 1 heterocycles. The molecule has 2 N–H and O–H groups in total. The van der Waals surface area contributed by atoms with E-state index in [1.165, 1.54) is 0 Å². The summed E-state index contributed by atoms with van der Waals surface area (Å²) in [5.74, 6) is -0.922. The second kappa shape index (κ2) is 5.14. The lowest BCUT2D eigenvalue weighted by atomic mass is 10.1. The molecule has 1 aromatic heterocycles. The van der Waals surface area contributed by atoms with Gasteiger partial charge < -0.3 is 10.4 Å². The van der Waals surface area contributed by atoms with E-state index in [2.05, 4.69) is 10.4 Å². The topological polar surface area (TPSA) is 67.2 Å². The maximum atomic E-state index is 11.2. The molecule has 0 aliphatic rings. The highest BCUT2D eigenvalue weighted by Crippen LogP contribution is 2.21. The largest absolute Gasteiger partial charge is 0.478 e. The molecule has 0 unspecified atom stereocenters. The number of hydrogen-bond acceptors (Lipinski definition) is 3. The van der Waals surface area contributed by atoms with Crippen LogP contribution in [0.5, 0.6) is 0 Å². The Kier molecular flexibility index (Phi) is 3.55. The van der Waals surface area contributed by atoms with Gasteiger partial charge in [-0.1, -0.05) is 12.1 Å². The average Bonchev–Trinajstić information content (AvgIpc) is 2.68. The minimum atomic E-state index is -0.922. The van der Waals surface area contributed by atoms with Gasteiger partial charge in [0.05, 0.1) is 17.4 Å². The Morgan fingerprint density at radius 1 is 1.42 bits per heavy atom. The maximum absolute atomic E-state index is 11.2. The average molecular weight is 259 g/mol. The molecule has 19 heavy (non-hydrogen) atoms. The quantitative estimate of drug-likeness (QED) is 0.884. The first-order chi connectivity index (χ1) is 9.00. The van der Waals surface area contributed by atoms with Crippen LogP contribution >= 0.6 is 0 Å². The van der Waals surface area contributed by atoms with Crippen molar-refractivity contribution in [3.8, 4) is 0 Å². The smallest absolute Gasteiger partial charge is 0.337 e. The highest BCUT2D eigenvalue weighted by molar-refractivity contribution is 5.95. The summed E-state index contributed by atoms with van der Waals surface area (Å²) in [5, 5.41) is 16.6. The first-order valence-electron chi connectivity index (χ1n) is 6.05. The van der Waals surface area contributed by atoms with Gasteiger partial charge in [0.15, 0.2) is 0 Å². The minimum Gasteiger partial charge on any atom is -0.478 e. The van der Waals surface area contributed by atoms with Crippen LogP contribution in [0, 0.1) is 13.8 Å². The molecule has 0 radical (unpaired) electrons. The van der Waals surface area contributed by atoms with E-state index in [1.807, 2.05) is 27.0 Å². The van der Waals surface area contributed by atoms with Crippen LogP contribution in [-0.2, 0) is 13.6 Å². The number of anilines is 1. The fraction of sp³-hybridized carbons (Fsp3) is 0.286. The van der Waals surface area contributed by atoms with E-state index >= 15 is 0 Å². The van der Waals surface area contributed by atoms with Gasteiger partial charge in [-0.2, -0.15) is 5.10 Å². The molecule has 0 aliphatic heterocycles. The molecule has 5 heteroatoms. The summed E-state index contributed by atoms with van der Waals surface area (Å²) < 4.78 is 1.80. The second-order valence-electron chi connectivity index (χ2n) is 4.54. The van der Waals surface area contributed by atoms with Crippen molar-refractivity contribution < 1.29 is 9.90 Å². The Labute approximate surface area is 111 Å². The standard InChI is InChI=1S/C14H17N3O2/c1-9-5-4-6-12(14(18)19)13(9)15-7-11-8-16-17(3)10(11)2/h4-6,8,15H,7H2,1-3H3,(H,18,19). The molecule has 0 bridgehead atoms. The summed E-state index contributed by atoms with van der Waals surface area (Å²) in [6, 6.07) is 5.25. The zero-order chi connectivity index (χ0) is 14.0. The van der Waals surface area contributed by atoms with Crippen LogP contribution in [-0.4, -0.2) is 20.9 Å². The van der Waals surface area contributed by atoms with Gasteiger partial charge in [-0.05, 0) is 25.5 Å². The maximum Gasteiger partial charge on any atom is 0.337 e. The Balaban J connectivity index is 2.24. The van der Waals surface area contributed by atoms with Crippen LogP contribution in [0.2, 0.25) is 0 Å². The number of rotatable bonds is 4. The van der Waals surface area contributed by atoms with Gasteiger partial charge in [0.2, 0.25) is 0 Å². The van der Waals surface area contributed by atoms with Crippen molar-refractivity contribution in [1.29, 1.82) is 0 Å². The molecule has 0 saturated carbocycles. The van der Waals surface area contributed by atoms with E-state index in [0.29, 0.717) is 17.8 Å². The fourth-order valence-corrected chi connectivity index (χ4v) is 1.98. The lowest BCUT2D eigenvalue weighted by Crippen LogP contribution is -2.08. The number of carboxylic acids is 1. The molecule has 0 amide bonds. The summed E-state index contributed by atoms with van der Waals surface area (Å²) in [7, 11) is 1.88. The molecule has 0 atom stereocenters. The molecule has 1 aromatic carbocycles. The SMILES string of the molecule is Cc1cccc(C(=O)O)c1NCc1cnn(C)c1C. The summed E-state index contributed by atoms with van der Waals surface area (Å²) in [4.78, 5) is 11.2. The highest BCUT2D eigenvalue weighted by Gasteiger charge is 2.12. The van der Waals surface area contributed by atoms with E-state index in [-0.39, 0.29) is 0 Å². The number of para-hydroxylation sites is 1. The molecule has 0 aliphatic carbocycles. The summed E-state index contributed by atoms with van der Waals surface area (Å²) in [5.41, 5.74) is 4.00.